The molecule has 0 N–H and O–H groups in total. The Hall–Kier alpha value is -2.51. The molecule has 1 aromatic rings. The molecule has 0 atom stereocenters. The number of hydrogen-bond donors (Lipinski definition) is 0. The number of amides is 1. The number of alkyl halides is 3. The molecule has 1 saturated heterocycles. The third-order valence-corrected chi connectivity index (χ3v) is 5.46. The summed E-state index contributed by atoms with van der Waals surface area (Å²) in [6.07, 6.45) is -1.09. The monoisotopic (exact) mass is 410 g/mol. The van der Waals surface area contributed by atoms with Crippen LogP contribution in [0.2, 0.25) is 0 Å². The van der Waals surface area contributed by atoms with Gasteiger partial charge >= 0.3 is 6.18 Å². The molecule has 0 saturated carbocycles. The minimum atomic E-state index is -4.81. The van der Waals surface area contributed by atoms with Gasteiger partial charge in [-0.15, -0.1) is 0 Å². The van der Waals surface area contributed by atoms with Crippen LogP contribution in [-0.2, 0) is 22.2 Å². The zero-order valence-electron chi connectivity index (χ0n) is 16.4. The number of Topliss-reactive ketones (excluding diaryl/α,β-unsaturated/α-hetero) is 1. The van der Waals surface area contributed by atoms with Gasteiger partial charge in [-0.1, -0.05) is 26.0 Å². The first-order valence-corrected chi connectivity index (χ1v) is 9.20. The van der Waals surface area contributed by atoms with E-state index >= 15 is 0 Å². The zero-order chi connectivity index (χ0) is 21.6. The first kappa shape index (κ1) is 21.2. The zero-order valence-corrected chi connectivity index (χ0v) is 16.4. The number of ketones is 1. The molecule has 29 heavy (non-hydrogen) atoms. The van der Waals surface area contributed by atoms with Crippen LogP contribution in [0.4, 0.5) is 17.6 Å². The number of hydrogen-bond acceptors (Lipinski definition) is 3. The summed E-state index contributed by atoms with van der Waals surface area (Å²) in [7, 11) is 1.58. The van der Waals surface area contributed by atoms with Crippen LogP contribution in [0.15, 0.2) is 34.8 Å². The topological polar surface area (TPSA) is 49.7 Å². The highest BCUT2D eigenvalue weighted by atomic mass is 19.4. The van der Waals surface area contributed by atoms with Gasteiger partial charge in [0.15, 0.2) is 5.78 Å². The van der Waals surface area contributed by atoms with Crippen molar-refractivity contribution in [3.8, 4) is 0 Å². The van der Waals surface area contributed by atoms with Gasteiger partial charge in [0, 0.05) is 42.8 Å². The molecule has 1 aromatic carbocycles. The first-order valence-electron chi connectivity index (χ1n) is 9.20. The molecule has 1 aliphatic heterocycles. The minimum absolute atomic E-state index is 0.00416. The number of nitrogens with zero attached hydrogens (tertiary/aromatic N) is 2. The van der Waals surface area contributed by atoms with Gasteiger partial charge in [0.25, 0.3) is 0 Å². The van der Waals surface area contributed by atoms with Crippen molar-refractivity contribution in [2.75, 3.05) is 20.1 Å². The summed E-state index contributed by atoms with van der Waals surface area (Å²) in [5, 5.41) is 0. The summed E-state index contributed by atoms with van der Waals surface area (Å²) >= 11 is 0. The number of aliphatic imine (C=N–C) groups is 1. The van der Waals surface area contributed by atoms with E-state index in [1.54, 1.807) is 11.9 Å². The molecule has 1 heterocycles. The van der Waals surface area contributed by atoms with E-state index in [0.29, 0.717) is 31.1 Å². The number of likely N-dealkylation sites (tertiary alicyclic amines) is 1. The fourth-order valence-electron chi connectivity index (χ4n) is 4.31. The van der Waals surface area contributed by atoms with E-state index in [0.717, 1.165) is 6.07 Å². The maximum atomic E-state index is 13.4. The molecule has 156 valence electrons. The molecular weight excluding hydrogens is 388 g/mol. The molecule has 2 aliphatic rings. The van der Waals surface area contributed by atoms with Gasteiger partial charge in [0.05, 0.1) is 12.0 Å². The molecule has 1 aliphatic carbocycles. The number of carbonyl (C=O) groups excluding carboxylic acids is 2. The molecule has 1 amide bonds. The largest absolute Gasteiger partial charge is 0.419 e. The second kappa shape index (κ2) is 7.07. The summed E-state index contributed by atoms with van der Waals surface area (Å²) in [5.41, 5.74) is -1.67. The Bertz CT molecular complexity index is 910. The quantitative estimate of drug-likeness (QED) is 0.562. The van der Waals surface area contributed by atoms with Crippen molar-refractivity contribution in [2.24, 2.45) is 15.8 Å². The first-order chi connectivity index (χ1) is 13.4. The van der Waals surface area contributed by atoms with E-state index in [1.165, 1.54) is 12.3 Å². The molecule has 1 fully saturated rings. The fraction of sp³-hybridized carbons (Fsp3) is 0.476. The lowest BCUT2D eigenvalue weighted by molar-refractivity contribution is -0.144. The van der Waals surface area contributed by atoms with Crippen molar-refractivity contribution >= 4 is 17.9 Å². The van der Waals surface area contributed by atoms with Crippen molar-refractivity contribution in [3.63, 3.8) is 0 Å². The smallest absolute Gasteiger partial charge is 0.341 e. The van der Waals surface area contributed by atoms with Crippen LogP contribution in [0, 0.1) is 16.6 Å². The molecular formula is C21H22F4N2O2. The number of rotatable bonds is 3. The van der Waals surface area contributed by atoms with Gasteiger partial charge in [0.1, 0.15) is 5.82 Å². The SMILES string of the molecule is C/N=C/C1=CC2(CN(C(=O)Cc3ccc(F)c(C(F)(F)F)c3)C2)CC(C)(C)C1=O. The van der Waals surface area contributed by atoms with Gasteiger partial charge in [-0.25, -0.2) is 4.39 Å². The average molecular weight is 410 g/mol. The van der Waals surface area contributed by atoms with E-state index in [9.17, 15) is 27.2 Å². The van der Waals surface area contributed by atoms with Crippen molar-refractivity contribution in [1.82, 2.24) is 4.90 Å². The van der Waals surface area contributed by atoms with Crippen molar-refractivity contribution in [2.45, 2.75) is 32.9 Å². The number of benzene rings is 1. The van der Waals surface area contributed by atoms with Gasteiger partial charge in [0.2, 0.25) is 5.91 Å². The van der Waals surface area contributed by atoms with E-state index in [4.69, 9.17) is 0 Å². The lowest BCUT2D eigenvalue weighted by atomic mass is 9.61. The maximum Gasteiger partial charge on any atom is 0.419 e. The Morgan fingerprint density at radius 3 is 2.52 bits per heavy atom. The molecule has 8 heteroatoms. The molecule has 0 bridgehead atoms. The molecule has 1 spiro atoms. The highest BCUT2D eigenvalue weighted by molar-refractivity contribution is 6.16. The van der Waals surface area contributed by atoms with Crippen LogP contribution < -0.4 is 0 Å². The Morgan fingerprint density at radius 2 is 1.93 bits per heavy atom. The van der Waals surface area contributed by atoms with E-state index in [2.05, 4.69) is 4.99 Å². The molecule has 0 unspecified atom stereocenters. The van der Waals surface area contributed by atoms with Gasteiger partial charge in [-0.05, 0) is 24.1 Å². The van der Waals surface area contributed by atoms with Crippen LogP contribution in [0.3, 0.4) is 0 Å². The predicted octanol–water partition coefficient (Wildman–Crippen LogP) is 3.84. The van der Waals surface area contributed by atoms with Crippen LogP contribution in [0.25, 0.3) is 0 Å². The van der Waals surface area contributed by atoms with Gasteiger partial charge in [-0.2, -0.15) is 13.2 Å². The fourth-order valence-corrected chi connectivity index (χ4v) is 4.31. The highest BCUT2D eigenvalue weighted by Crippen LogP contribution is 2.48. The summed E-state index contributed by atoms with van der Waals surface area (Å²) < 4.78 is 52.0. The standard InChI is InChI=1S/C21H22F4N2O2/c1-19(2)10-20(8-14(9-26-3)18(19)29)11-27(12-20)17(28)7-13-4-5-16(22)15(6-13)21(23,24)25/h4-6,8-9H,7,10-12H2,1-3H3/b26-9+. The van der Waals surface area contributed by atoms with Crippen molar-refractivity contribution in [1.29, 1.82) is 0 Å². The van der Waals surface area contributed by atoms with Gasteiger partial charge < -0.3 is 4.90 Å². The van der Waals surface area contributed by atoms with Crippen LogP contribution in [0.1, 0.15) is 31.4 Å². The van der Waals surface area contributed by atoms with E-state index in [1.807, 2.05) is 19.9 Å². The molecule has 0 radical (unpaired) electrons. The second-order valence-electron chi connectivity index (χ2n) is 8.48. The number of halogens is 4. The lowest BCUT2D eigenvalue weighted by Crippen LogP contribution is -2.61. The summed E-state index contributed by atoms with van der Waals surface area (Å²) in [5.74, 6) is -1.69. The third kappa shape index (κ3) is 4.11. The average Bonchev–Trinajstić information content (AvgIpc) is 2.57. The Morgan fingerprint density at radius 1 is 1.28 bits per heavy atom. The molecule has 3 rings (SSSR count). The van der Waals surface area contributed by atoms with E-state index in [-0.39, 0.29) is 29.1 Å². The van der Waals surface area contributed by atoms with Crippen LogP contribution >= 0.6 is 0 Å². The Labute approximate surface area is 166 Å². The number of carbonyl (C=O) groups is 2. The summed E-state index contributed by atoms with van der Waals surface area (Å²) in [6, 6.07) is 2.61. The number of allylic oxidation sites excluding steroid dienone is 1. The predicted molar refractivity (Wildman–Crippen MR) is 100 cm³/mol. The summed E-state index contributed by atoms with van der Waals surface area (Å²) in [4.78, 5) is 30.5. The van der Waals surface area contributed by atoms with Gasteiger partial charge in [-0.3, -0.25) is 14.6 Å². The normalized spacial score (nSPS) is 20.7. The third-order valence-electron chi connectivity index (χ3n) is 5.46. The van der Waals surface area contributed by atoms with Crippen LogP contribution in [0.5, 0.6) is 0 Å². The van der Waals surface area contributed by atoms with Crippen molar-refractivity contribution in [3.05, 3.63) is 46.8 Å². The lowest BCUT2D eigenvalue weighted by Gasteiger charge is -2.53. The second-order valence-corrected chi connectivity index (χ2v) is 8.48. The Kier molecular flexibility index (Phi) is 5.17. The van der Waals surface area contributed by atoms with Crippen molar-refractivity contribution < 1.29 is 27.2 Å². The Balaban J connectivity index is 1.73. The summed E-state index contributed by atoms with van der Waals surface area (Å²) in [6.45, 7) is 4.48. The molecule has 4 nitrogen and oxygen atoms in total. The van der Waals surface area contributed by atoms with Crippen LogP contribution in [-0.4, -0.2) is 42.9 Å². The minimum Gasteiger partial charge on any atom is -0.341 e. The maximum absolute atomic E-state index is 13.4. The highest BCUT2D eigenvalue weighted by Gasteiger charge is 2.51. The van der Waals surface area contributed by atoms with E-state index < -0.39 is 23.0 Å². The molecule has 0 aromatic heterocycles.